The number of ether oxygens (including phenoxy) is 1. The predicted molar refractivity (Wildman–Crippen MR) is 108 cm³/mol. The largest absolute Gasteiger partial charge is 0.497 e. The Morgan fingerprint density at radius 3 is 2.00 bits per heavy atom. The van der Waals surface area contributed by atoms with Crippen LogP contribution in [0.1, 0.15) is 23.1 Å². The fraction of sp³-hybridized carbons (Fsp3) is 0.250. The van der Waals surface area contributed by atoms with Gasteiger partial charge in [-0.1, -0.05) is 72.8 Å². The molecule has 0 amide bonds. The standard InChI is InChI=1S/C24H27NO/c1-26-24-16-8-14-23(18-24)20-25(19-22-12-6-3-7-13-22)17-9-15-21-10-4-2-5-11-21/h2-8,10-14,16,18H,9,15,17,19-20H2,1H3. The minimum atomic E-state index is 0.923. The summed E-state index contributed by atoms with van der Waals surface area (Å²) < 4.78 is 5.38. The Balaban J connectivity index is 1.64. The smallest absolute Gasteiger partial charge is 0.119 e. The van der Waals surface area contributed by atoms with Crippen molar-refractivity contribution in [1.29, 1.82) is 0 Å². The van der Waals surface area contributed by atoms with E-state index in [0.29, 0.717) is 0 Å². The molecule has 0 fully saturated rings. The molecule has 134 valence electrons. The topological polar surface area (TPSA) is 12.5 Å². The second-order valence-corrected chi connectivity index (χ2v) is 6.64. The van der Waals surface area contributed by atoms with E-state index in [0.717, 1.165) is 38.2 Å². The van der Waals surface area contributed by atoms with Crippen molar-refractivity contribution in [2.45, 2.75) is 25.9 Å². The highest BCUT2D eigenvalue weighted by atomic mass is 16.5. The van der Waals surface area contributed by atoms with Crippen molar-refractivity contribution in [3.05, 3.63) is 102 Å². The fourth-order valence-corrected chi connectivity index (χ4v) is 3.24. The molecule has 2 nitrogen and oxygen atoms in total. The Morgan fingerprint density at radius 1 is 0.692 bits per heavy atom. The highest BCUT2D eigenvalue weighted by Gasteiger charge is 2.08. The Morgan fingerprint density at radius 2 is 1.31 bits per heavy atom. The quantitative estimate of drug-likeness (QED) is 0.520. The Bertz CT molecular complexity index is 770. The Hall–Kier alpha value is -2.58. The van der Waals surface area contributed by atoms with Crippen molar-refractivity contribution < 1.29 is 4.74 Å². The van der Waals surface area contributed by atoms with E-state index in [1.54, 1.807) is 7.11 Å². The first-order valence-electron chi connectivity index (χ1n) is 9.26. The molecule has 3 aromatic rings. The monoisotopic (exact) mass is 345 g/mol. The molecular formula is C24H27NO. The van der Waals surface area contributed by atoms with Crippen LogP contribution in [-0.4, -0.2) is 18.6 Å². The molecule has 0 bridgehead atoms. The molecule has 0 radical (unpaired) electrons. The first kappa shape index (κ1) is 18.2. The third kappa shape index (κ3) is 5.75. The lowest BCUT2D eigenvalue weighted by Gasteiger charge is -2.23. The molecule has 3 aromatic carbocycles. The molecule has 0 aliphatic rings. The van der Waals surface area contributed by atoms with Crippen LogP contribution in [0.2, 0.25) is 0 Å². The maximum Gasteiger partial charge on any atom is 0.119 e. The van der Waals surface area contributed by atoms with Gasteiger partial charge in [0.15, 0.2) is 0 Å². The maximum atomic E-state index is 5.38. The molecule has 3 rings (SSSR count). The van der Waals surface area contributed by atoms with Crippen molar-refractivity contribution in [3.63, 3.8) is 0 Å². The molecule has 0 unspecified atom stereocenters. The summed E-state index contributed by atoms with van der Waals surface area (Å²) in [5, 5.41) is 0. The zero-order valence-corrected chi connectivity index (χ0v) is 15.5. The molecule has 0 N–H and O–H groups in total. The van der Waals surface area contributed by atoms with E-state index >= 15 is 0 Å². The number of nitrogens with zero attached hydrogens (tertiary/aromatic N) is 1. The van der Waals surface area contributed by atoms with Crippen LogP contribution < -0.4 is 4.74 Å². The van der Waals surface area contributed by atoms with Crippen LogP contribution in [0.3, 0.4) is 0 Å². The molecule has 0 aromatic heterocycles. The van der Waals surface area contributed by atoms with Crippen LogP contribution in [0, 0.1) is 0 Å². The zero-order valence-electron chi connectivity index (χ0n) is 15.5. The van der Waals surface area contributed by atoms with Crippen molar-refractivity contribution in [2.24, 2.45) is 0 Å². The Kier molecular flexibility index (Phi) is 6.86. The van der Waals surface area contributed by atoms with Crippen molar-refractivity contribution in [3.8, 4) is 5.75 Å². The summed E-state index contributed by atoms with van der Waals surface area (Å²) in [6, 6.07) is 29.8. The second kappa shape index (κ2) is 9.79. The summed E-state index contributed by atoms with van der Waals surface area (Å²) in [6.07, 6.45) is 2.27. The predicted octanol–water partition coefficient (Wildman–Crippen LogP) is 5.33. The lowest BCUT2D eigenvalue weighted by molar-refractivity contribution is 0.253. The Labute approximate surface area is 157 Å². The van der Waals surface area contributed by atoms with Crippen LogP contribution >= 0.6 is 0 Å². The van der Waals surface area contributed by atoms with E-state index in [-0.39, 0.29) is 0 Å². The van der Waals surface area contributed by atoms with Crippen molar-refractivity contribution in [2.75, 3.05) is 13.7 Å². The van der Waals surface area contributed by atoms with Crippen molar-refractivity contribution >= 4 is 0 Å². The highest BCUT2D eigenvalue weighted by Crippen LogP contribution is 2.16. The number of hydrogen-bond donors (Lipinski definition) is 0. The number of rotatable bonds is 9. The summed E-state index contributed by atoms with van der Waals surface area (Å²) >= 11 is 0. The van der Waals surface area contributed by atoms with E-state index in [2.05, 4.69) is 83.8 Å². The number of aryl methyl sites for hydroxylation is 1. The van der Waals surface area contributed by atoms with E-state index < -0.39 is 0 Å². The van der Waals surface area contributed by atoms with Gasteiger partial charge in [0.25, 0.3) is 0 Å². The number of methoxy groups -OCH3 is 1. The van der Waals surface area contributed by atoms with Gasteiger partial charge in [0.05, 0.1) is 7.11 Å². The summed E-state index contributed by atoms with van der Waals surface area (Å²) in [6.45, 7) is 2.97. The zero-order chi connectivity index (χ0) is 18.0. The average Bonchev–Trinajstić information content (AvgIpc) is 2.70. The van der Waals surface area contributed by atoms with Gasteiger partial charge >= 0.3 is 0 Å². The number of hydrogen-bond acceptors (Lipinski definition) is 2. The van der Waals surface area contributed by atoms with Gasteiger partial charge in [-0.2, -0.15) is 0 Å². The summed E-state index contributed by atoms with van der Waals surface area (Å²) in [5.74, 6) is 0.923. The average molecular weight is 345 g/mol. The molecule has 26 heavy (non-hydrogen) atoms. The lowest BCUT2D eigenvalue weighted by Crippen LogP contribution is -2.24. The van der Waals surface area contributed by atoms with Gasteiger partial charge in [0.1, 0.15) is 5.75 Å². The molecule has 2 heteroatoms. The van der Waals surface area contributed by atoms with E-state index in [1.165, 1.54) is 16.7 Å². The van der Waals surface area contributed by atoms with Crippen LogP contribution in [-0.2, 0) is 19.5 Å². The minimum absolute atomic E-state index is 0.923. The molecule has 0 aliphatic carbocycles. The first-order valence-corrected chi connectivity index (χ1v) is 9.26. The lowest BCUT2D eigenvalue weighted by atomic mass is 10.1. The summed E-state index contributed by atoms with van der Waals surface area (Å²) in [5.41, 5.74) is 4.06. The molecule has 0 heterocycles. The number of benzene rings is 3. The molecule has 0 aliphatic heterocycles. The van der Waals surface area contributed by atoms with Gasteiger partial charge in [-0.05, 0) is 48.2 Å². The van der Waals surface area contributed by atoms with E-state index in [1.807, 2.05) is 6.07 Å². The van der Waals surface area contributed by atoms with Gasteiger partial charge in [0.2, 0.25) is 0 Å². The normalized spacial score (nSPS) is 10.8. The molecule has 0 saturated heterocycles. The van der Waals surface area contributed by atoms with Gasteiger partial charge in [-0.25, -0.2) is 0 Å². The van der Waals surface area contributed by atoms with Crippen molar-refractivity contribution in [1.82, 2.24) is 4.90 Å². The molecule has 0 spiro atoms. The highest BCUT2D eigenvalue weighted by molar-refractivity contribution is 5.28. The van der Waals surface area contributed by atoms with Crippen LogP contribution in [0.5, 0.6) is 5.75 Å². The maximum absolute atomic E-state index is 5.38. The van der Waals surface area contributed by atoms with Gasteiger partial charge in [-0.15, -0.1) is 0 Å². The van der Waals surface area contributed by atoms with Gasteiger partial charge < -0.3 is 4.74 Å². The second-order valence-electron chi connectivity index (χ2n) is 6.64. The first-order chi connectivity index (χ1) is 12.8. The van der Waals surface area contributed by atoms with Crippen LogP contribution in [0.15, 0.2) is 84.9 Å². The fourth-order valence-electron chi connectivity index (χ4n) is 3.24. The van der Waals surface area contributed by atoms with Gasteiger partial charge in [0, 0.05) is 13.1 Å². The van der Waals surface area contributed by atoms with Gasteiger partial charge in [-0.3, -0.25) is 4.90 Å². The summed E-state index contributed by atoms with van der Waals surface area (Å²) in [4.78, 5) is 2.52. The summed E-state index contributed by atoms with van der Waals surface area (Å²) in [7, 11) is 1.72. The molecular weight excluding hydrogens is 318 g/mol. The van der Waals surface area contributed by atoms with E-state index in [4.69, 9.17) is 4.74 Å². The molecule has 0 atom stereocenters. The third-order valence-electron chi connectivity index (χ3n) is 4.57. The molecule has 0 saturated carbocycles. The minimum Gasteiger partial charge on any atom is -0.497 e. The SMILES string of the molecule is COc1cccc(CN(CCCc2ccccc2)Cc2ccccc2)c1. The van der Waals surface area contributed by atoms with Crippen LogP contribution in [0.4, 0.5) is 0 Å². The van der Waals surface area contributed by atoms with E-state index in [9.17, 15) is 0 Å². The third-order valence-corrected chi connectivity index (χ3v) is 4.57. The van der Waals surface area contributed by atoms with Crippen LogP contribution in [0.25, 0.3) is 0 Å².